The molecule has 0 atom stereocenters. The molecule has 0 fully saturated rings. The van der Waals surface area contributed by atoms with Crippen LogP contribution in [-0.2, 0) is 11.2 Å². The Morgan fingerprint density at radius 1 is 1.50 bits per heavy atom. The first-order valence-electron chi connectivity index (χ1n) is 6.33. The number of amidine groups is 1. The van der Waals surface area contributed by atoms with Crippen LogP contribution in [0.4, 0.5) is 10.2 Å². The van der Waals surface area contributed by atoms with Crippen molar-refractivity contribution in [3.05, 3.63) is 17.8 Å². The van der Waals surface area contributed by atoms with E-state index in [9.17, 15) is 4.39 Å². The fourth-order valence-electron chi connectivity index (χ4n) is 1.69. The summed E-state index contributed by atoms with van der Waals surface area (Å²) in [6.45, 7) is 3.06. The Kier molecular flexibility index (Phi) is 6.65. The second kappa shape index (κ2) is 8.26. The van der Waals surface area contributed by atoms with Crippen LogP contribution in [0.25, 0.3) is 0 Å². The zero-order valence-corrected chi connectivity index (χ0v) is 11.7. The van der Waals surface area contributed by atoms with Crippen LogP contribution in [0.2, 0.25) is 0 Å². The van der Waals surface area contributed by atoms with Gasteiger partial charge in [0.1, 0.15) is 12.2 Å². The molecule has 0 aromatic carbocycles. The Labute approximate surface area is 117 Å². The number of ether oxygens (including phenoxy) is 1. The average Bonchev–Trinajstić information content (AvgIpc) is 2.47. The molecular formula is C12H20FN5O2. The molecule has 1 aromatic rings. The van der Waals surface area contributed by atoms with Gasteiger partial charge in [-0.15, -0.1) is 0 Å². The number of halogens is 1. The van der Waals surface area contributed by atoms with Crippen molar-refractivity contribution >= 4 is 11.7 Å². The maximum absolute atomic E-state index is 14.2. The molecule has 0 bridgehead atoms. The van der Waals surface area contributed by atoms with Crippen molar-refractivity contribution < 1.29 is 14.3 Å². The predicted octanol–water partition coefficient (Wildman–Crippen LogP) is 0.767. The highest BCUT2D eigenvalue weighted by atomic mass is 19.1. The van der Waals surface area contributed by atoms with E-state index in [0.29, 0.717) is 38.2 Å². The van der Waals surface area contributed by atoms with Gasteiger partial charge in [0.05, 0.1) is 12.3 Å². The molecule has 0 saturated heterocycles. The fraction of sp³-hybridized carbons (Fsp3) is 0.583. The van der Waals surface area contributed by atoms with Gasteiger partial charge in [-0.3, -0.25) is 0 Å². The summed E-state index contributed by atoms with van der Waals surface area (Å²) in [7, 11) is 1.57. The zero-order valence-electron chi connectivity index (χ0n) is 11.7. The van der Waals surface area contributed by atoms with Crippen molar-refractivity contribution in [2.24, 2.45) is 10.9 Å². The van der Waals surface area contributed by atoms with Crippen molar-refractivity contribution in [3.63, 3.8) is 0 Å². The van der Waals surface area contributed by atoms with E-state index in [1.807, 2.05) is 6.92 Å². The summed E-state index contributed by atoms with van der Waals surface area (Å²) in [5.41, 5.74) is 5.80. The average molecular weight is 285 g/mol. The molecule has 7 nitrogen and oxygen atoms in total. The van der Waals surface area contributed by atoms with Crippen LogP contribution in [0, 0.1) is 5.82 Å². The Balaban J connectivity index is 2.91. The topological polar surface area (TPSA) is 96.9 Å². The third-order valence-corrected chi connectivity index (χ3v) is 2.81. The smallest absolute Gasteiger partial charge is 0.187 e. The van der Waals surface area contributed by atoms with Crippen molar-refractivity contribution in [3.8, 4) is 0 Å². The van der Waals surface area contributed by atoms with Gasteiger partial charge in [0, 0.05) is 26.6 Å². The van der Waals surface area contributed by atoms with E-state index in [-0.39, 0.29) is 11.7 Å². The van der Waals surface area contributed by atoms with Crippen molar-refractivity contribution in [2.45, 2.75) is 19.8 Å². The SMILES string of the molecule is CCc1ncnc(N(CCOC)CCC(N)=NO)c1F. The fourth-order valence-corrected chi connectivity index (χ4v) is 1.69. The Morgan fingerprint density at radius 3 is 2.85 bits per heavy atom. The molecule has 112 valence electrons. The summed E-state index contributed by atoms with van der Waals surface area (Å²) in [6, 6.07) is 0. The second-order valence-electron chi connectivity index (χ2n) is 4.13. The maximum Gasteiger partial charge on any atom is 0.187 e. The van der Waals surface area contributed by atoms with E-state index < -0.39 is 5.82 Å². The summed E-state index contributed by atoms with van der Waals surface area (Å²) in [5.74, 6) is -0.150. The number of oxime groups is 1. The minimum atomic E-state index is -0.439. The lowest BCUT2D eigenvalue weighted by atomic mass is 10.2. The number of nitrogens with zero attached hydrogens (tertiary/aromatic N) is 4. The van der Waals surface area contributed by atoms with Crippen LogP contribution >= 0.6 is 0 Å². The molecule has 1 heterocycles. The van der Waals surface area contributed by atoms with Crippen LogP contribution in [0.1, 0.15) is 19.0 Å². The minimum Gasteiger partial charge on any atom is -0.409 e. The largest absolute Gasteiger partial charge is 0.409 e. The van der Waals surface area contributed by atoms with E-state index in [0.717, 1.165) is 0 Å². The van der Waals surface area contributed by atoms with Crippen molar-refractivity contribution in [2.75, 3.05) is 31.7 Å². The third-order valence-electron chi connectivity index (χ3n) is 2.81. The van der Waals surface area contributed by atoms with Gasteiger partial charge < -0.3 is 20.6 Å². The lowest BCUT2D eigenvalue weighted by Crippen LogP contribution is -2.33. The predicted molar refractivity (Wildman–Crippen MR) is 73.5 cm³/mol. The molecule has 0 amide bonds. The number of methoxy groups -OCH3 is 1. The van der Waals surface area contributed by atoms with Crippen LogP contribution in [-0.4, -0.2) is 47.8 Å². The van der Waals surface area contributed by atoms with Crippen molar-refractivity contribution in [1.29, 1.82) is 0 Å². The van der Waals surface area contributed by atoms with E-state index in [1.165, 1.54) is 6.33 Å². The summed E-state index contributed by atoms with van der Waals surface area (Å²) in [5, 5.41) is 11.5. The second-order valence-corrected chi connectivity index (χ2v) is 4.13. The van der Waals surface area contributed by atoms with Crippen LogP contribution in [0.5, 0.6) is 0 Å². The molecular weight excluding hydrogens is 265 g/mol. The molecule has 0 aliphatic heterocycles. The zero-order chi connectivity index (χ0) is 15.0. The van der Waals surface area contributed by atoms with E-state index >= 15 is 0 Å². The number of aryl methyl sites for hydroxylation is 1. The van der Waals surface area contributed by atoms with Gasteiger partial charge in [0.2, 0.25) is 0 Å². The molecule has 1 aromatic heterocycles. The van der Waals surface area contributed by atoms with E-state index in [2.05, 4.69) is 15.1 Å². The highest BCUT2D eigenvalue weighted by Crippen LogP contribution is 2.18. The molecule has 0 aliphatic carbocycles. The molecule has 8 heteroatoms. The number of aromatic nitrogens is 2. The molecule has 0 saturated carbocycles. The molecule has 3 N–H and O–H groups in total. The molecule has 0 spiro atoms. The van der Waals surface area contributed by atoms with E-state index in [4.69, 9.17) is 15.7 Å². The standard InChI is InChI=1S/C12H20FN5O2/c1-3-9-11(13)12(16-8-15-9)18(6-7-20-2)5-4-10(14)17-19/h8,19H,3-7H2,1-2H3,(H2,14,17). The van der Waals surface area contributed by atoms with Gasteiger partial charge in [0.15, 0.2) is 11.6 Å². The number of hydrogen-bond donors (Lipinski definition) is 2. The lowest BCUT2D eigenvalue weighted by Gasteiger charge is -2.23. The number of anilines is 1. The molecule has 0 radical (unpaired) electrons. The number of hydrogen-bond acceptors (Lipinski definition) is 6. The highest BCUT2D eigenvalue weighted by molar-refractivity contribution is 5.80. The van der Waals surface area contributed by atoms with Gasteiger partial charge in [-0.1, -0.05) is 12.1 Å². The Bertz CT molecular complexity index is 455. The third kappa shape index (κ3) is 4.30. The normalized spacial score (nSPS) is 11.7. The Morgan fingerprint density at radius 2 is 2.25 bits per heavy atom. The lowest BCUT2D eigenvalue weighted by molar-refractivity contribution is 0.205. The van der Waals surface area contributed by atoms with Gasteiger partial charge in [0.25, 0.3) is 0 Å². The summed E-state index contributed by atoms with van der Waals surface area (Å²) in [4.78, 5) is 9.58. The minimum absolute atomic E-state index is 0.0811. The first-order chi connectivity index (χ1) is 9.63. The molecule has 20 heavy (non-hydrogen) atoms. The van der Waals surface area contributed by atoms with E-state index in [1.54, 1.807) is 12.0 Å². The maximum atomic E-state index is 14.2. The van der Waals surface area contributed by atoms with Gasteiger partial charge >= 0.3 is 0 Å². The molecule has 0 unspecified atom stereocenters. The van der Waals surface area contributed by atoms with Crippen molar-refractivity contribution in [1.82, 2.24) is 9.97 Å². The van der Waals surface area contributed by atoms with Crippen LogP contribution in [0.3, 0.4) is 0 Å². The van der Waals surface area contributed by atoms with Gasteiger partial charge in [-0.05, 0) is 6.42 Å². The van der Waals surface area contributed by atoms with Crippen LogP contribution < -0.4 is 10.6 Å². The summed E-state index contributed by atoms with van der Waals surface area (Å²) < 4.78 is 19.2. The molecule has 0 aliphatic rings. The highest BCUT2D eigenvalue weighted by Gasteiger charge is 2.16. The summed E-state index contributed by atoms with van der Waals surface area (Å²) >= 11 is 0. The number of nitrogens with two attached hydrogens (primary N) is 1. The first-order valence-corrected chi connectivity index (χ1v) is 6.33. The summed E-state index contributed by atoms with van der Waals surface area (Å²) in [6.07, 6.45) is 2.12. The molecule has 1 rings (SSSR count). The van der Waals surface area contributed by atoms with Gasteiger partial charge in [-0.2, -0.15) is 0 Å². The first kappa shape index (κ1) is 16.1. The number of rotatable bonds is 8. The van der Waals surface area contributed by atoms with Crippen LogP contribution in [0.15, 0.2) is 11.5 Å². The Hall–Kier alpha value is -1.96. The monoisotopic (exact) mass is 285 g/mol. The van der Waals surface area contributed by atoms with Gasteiger partial charge in [-0.25, -0.2) is 14.4 Å². The quantitative estimate of drug-likeness (QED) is 0.317.